The fraction of sp³-hybridized carbons (Fsp3) is 0.545. The first kappa shape index (κ1) is 15.2. The van der Waals surface area contributed by atoms with Gasteiger partial charge in [-0.3, -0.25) is 10.1 Å². The van der Waals surface area contributed by atoms with E-state index in [-0.39, 0.29) is 5.54 Å². The molecule has 0 rings (SSSR count). The van der Waals surface area contributed by atoms with E-state index in [0.29, 0.717) is 6.08 Å². The van der Waals surface area contributed by atoms with Crippen LogP contribution in [0.5, 0.6) is 0 Å². The fourth-order valence-corrected chi connectivity index (χ4v) is 0.890. The van der Waals surface area contributed by atoms with Crippen LogP contribution in [0.15, 0.2) is 12.2 Å². The first-order chi connectivity index (χ1) is 7.70. The second kappa shape index (κ2) is 6.03. The highest BCUT2D eigenvalue weighted by Gasteiger charge is 2.26. The highest BCUT2D eigenvalue weighted by Crippen LogP contribution is 2.15. The van der Waals surface area contributed by atoms with Crippen LogP contribution in [-0.2, 0) is 9.59 Å². The summed E-state index contributed by atoms with van der Waals surface area (Å²) in [7, 11) is 1.58. The van der Waals surface area contributed by atoms with Crippen LogP contribution in [0.1, 0.15) is 27.2 Å². The highest BCUT2D eigenvalue weighted by molar-refractivity contribution is 6.02. The van der Waals surface area contributed by atoms with Crippen molar-refractivity contribution >= 4 is 17.9 Å². The molecule has 0 saturated heterocycles. The van der Waals surface area contributed by atoms with Gasteiger partial charge in [0.15, 0.2) is 0 Å². The van der Waals surface area contributed by atoms with Gasteiger partial charge in [0.05, 0.1) is 0 Å². The zero-order chi connectivity index (χ0) is 13.6. The molecule has 0 unspecified atom stereocenters. The van der Waals surface area contributed by atoms with E-state index in [1.54, 1.807) is 7.05 Å². The van der Waals surface area contributed by atoms with E-state index in [2.05, 4.69) is 5.32 Å². The molecule has 0 atom stereocenters. The van der Waals surface area contributed by atoms with E-state index in [0.717, 1.165) is 12.5 Å². The van der Waals surface area contributed by atoms with Crippen molar-refractivity contribution in [3.05, 3.63) is 12.2 Å². The third-order valence-electron chi connectivity index (χ3n) is 2.69. The fourth-order valence-electron chi connectivity index (χ4n) is 0.890. The molecule has 0 aromatic heterocycles. The zero-order valence-electron chi connectivity index (χ0n) is 10.5. The summed E-state index contributed by atoms with van der Waals surface area (Å²) in [6.07, 6.45) is 2.21. The molecule has 0 bridgehead atoms. The lowest BCUT2D eigenvalue weighted by Crippen LogP contribution is -2.50. The number of carbonyl (C=O) groups excluding carboxylic acids is 2. The Labute approximate surface area is 100 Å². The number of carboxylic acids is 1. The summed E-state index contributed by atoms with van der Waals surface area (Å²) in [6.45, 7) is 5.66. The Morgan fingerprint density at radius 3 is 2.24 bits per heavy atom. The smallest absolute Gasteiger partial charge is 0.328 e. The molecule has 0 spiro atoms. The molecule has 2 N–H and O–H groups in total. The molecule has 0 saturated carbocycles. The lowest BCUT2D eigenvalue weighted by atomic mass is 10.0. The van der Waals surface area contributed by atoms with Gasteiger partial charge in [-0.25, -0.2) is 9.59 Å². The second-order valence-corrected chi connectivity index (χ2v) is 4.19. The van der Waals surface area contributed by atoms with Crippen LogP contribution in [0.4, 0.5) is 4.79 Å². The molecule has 0 aliphatic heterocycles. The van der Waals surface area contributed by atoms with Gasteiger partial charge in [0.25, 0.3) is 5.91 Å². The largest absolute Gasteiger partial charge is 0.478 e. The third-order valence-corrected chi connectivity index (χ3v) is 2.69. The molecule has 3 amide bonds. The number of imide groups is 1. The van der Waals surface area contributed by atoms with E-state index in [9.17, 15) is 14.4 Å². The van der Waals surface area contributed by atoms with Crippen molar-refractivity contribution in [2.45, 2.75) is 32.7 Å². The van der Waals surface area contributed by atoms with Crippen LogP contribution < -0.4 is 5.32 Å². The number of urea groups is 1. The number of rotatable bonds is 4. The Balaban J connectivity index is 4.46. The van der Waals surface area contributed by atoms with Crippen molar-refractivity contribution < 1.29 is 19.5 Å². The first-order valence-electron chi connectivity index (χ1n) is 5.20. The summed E-state index contributed by atoms with van der Waals surface area (Å²) in [5.41, 5.74) is -0.374. The van der Waals surface area contributed by atoms with Gasteiger partial charge >= 0.3 is 12.0 Å². The lowest BCUT2D eigenvalue weighted by molar-refractivity contribution is -0.131. The van der Waals surface area contributed by atoms with Gasteiger partial charge in [-0.1, -0.05) is 6.92 Å². The number of aliphatic carboxylic acids is 1. The highest BCUT2D eigenvalue weighted by atomic mass is 16.4. The number of hydrogen-bond donors (Lipinski definition) is 2. The lowest BCUT2D eigenvalue weighted by Gasteiger charge is -2.34. The van der Waals surface area contributed by atoms with Gasteiger partial charge in [-0.15, -0.1) is 0 Å². The van der Waals surface area contributed by atoms with E-state index in [1.165, 1.54) is 4.90 Å². The molecule has 6 nitrogen and oxygen atoms in total. The van der Waals surface area contributed by atoms with Crippen molar-refractivity contribution in [2.24, 2.45) is 0 Å². The molecular weight excluding hydrogens is 224 g/mol. The summed E-state index contributed by atoms with van der Waals surface area (Å²) in [5, 5.41) is 10.4. The monoisotopic (exact) mass is 242 g/mol. The number of carboxylic acid groups (broad SMARTS) is 1. The van der Waals surface area contributed by atoms with Crippen LogP contribution in [-0.4, -0.2) is 40.5 Å². The van der Waals surface area contributed by atoms with Crippen LogP contribution in [0.3, 0.4) is 0 Å². The number of nitrogens with one attached hydrogen (secondary N) is 1. The summed E-state index contributed by atoms with van der Waals surface area (Å²) in [6, 6.07) is -0.558. The molecule has 0 aliphatic carbocycles. The maximum Gasteiger partial charge on any atom is 0.328 e. The molecular formula is C11H18N2O4. The van der Waals surface area contributed by atoms with Crippen molar-refractivity contribution in [2.75, 3.05) is 7.05 Å². The van der Waals surface area contributed by atoms with Crippen LogP contribution in [0.2, 0.25) is 0 Å². The molecule has 0 heterocycles. The van der Waals surface area contributed by atoms with Crippen LogP contribution in [0.25, 0.3) is 0 Å². The maximum absolute atomic E-state index is 11.6. The van der Waals surface area contributed by atoms with E-state index in [4.69, 9.17) is 5.11 Å². The van der Waals surface area contributed by atoms with Crippen molar-refractivity contribution in [3.8, 4) is 0 Å². The van der Waals surface area contributed by atoms with Gasteiger partial charge < -0.3 is 10.0 Å². The number of nitrogens with zero attached hydrogens (tertiary/aromatic N) is 1. The average molecular weight is 242 g/mol. The van der Waals surface area contributed by atoms with Crippen LogP contribution in [0, 0.1) is 0 Å². The predicted molar refractivity (Wildman–Crippen MR) is 62.4 cm³/mol. The minimum Gasteiger partial charge on any atom is -0.478 e. The average Bonchev–Trinajstić information content (AvgIpc) is 2.25. The van der Waals surface area contributed by atoms with Gasteiger partial charge in [0, 0.05) is 24.7 Å². The minimum atomic E-state index is -1.24. The van der Waals surface area contributed by atoms with Crippen molar-refractivity contribution in [1.82, 2.24) is 10.2 Å². The number of carbonyl (C=O) groups is 3. The van der Waals surface area contributed by atoms with Crippen molar-refractivity contribution in [1.29, 1.82) is 0 Å². The van der Waals surface area contributed by atoms with E-state index in [1.807, 2.05) is 20.8 Å². The summed E-state index contributed by atoms with van der Waals surface area (Å²) in [4.78, 5) is 34.4. The molecule has 0 fully saturated rings. The van der Waals surface area contributed by atoms with E-state index < -0.39 is 17.9 Å². The molecule has 6 heteroatoms. The summed E-state index contributed by atoms with van der Waals surface area (Å²) >= 11 is 0. The van der Waals surface area contributed by atoms with Crippen LogP contribution >= 0.6 is 0 Å². The Morgan fingerprint density at radius 1 is 1.29 bits per heavy atom. The molecule has 0 radical (unpaired) electrons. The topological polar surface area (TPSA) is 86.7 Å². The third kappa shape index (κ3) is 5.14. The van der Waals surface area contributed by atoms with E-state index >= 15 is 0 Å². The number of hydrogen-bond acceptors (Lipinski definition) is 3. The van der Waals surface area contributed by atoms with Gasteiger partial charge in [-0.2, -0.15) is 0 Å². The second-order valence-electron chi connectivity index (χ2n) is 4.19. The van der Waals surface area contributed by atoms with Crippen molar-refractivity contribution in [3.63, 3.8) is 0 Å². The zero-order valence-corrected chi connectivity index (χ0v) is 10.5. The van der Waals surface area contributed by atoms with Gasteiger partial charge in [0.2, 0.25) is 0 Å². The van der Waals surface area contributed by atoms with Gasteiger partial charge in [0.1, 0.15) is 0 Å². The minimum absolute atomic E-state index is 0.374. The quantitative estimate of drug-likeness (QED) is 0.719. The molecule has 0 aliphatic rings. The Bertz CT molecular complexity index is 347. The first-order valence-corrected chi connectivity index (χ1v) is 5.20. The summed E-state index contributed by atoms with van der Waals surface area (Å²) < 4.78 is 0. The Kier molecular flexibility index (Phi) is 5.37. The standard InChI is InChI=1S/C11H18N2O4/c1-5-11(2,3)13(4)10(17)12-8(14)6-7-9(15)16/h6-7H,5H2,1-4H3,(H,15,16)(H,12,14,17). The molecule has 0 aromatic rings. The Hall–Kier alpha value is -1.85. The van der Waals surface area contributed by atoms with Gasteiger partial charge in [-0.05, 0) is 20.3 Å². The summed E-state index contributed by atoms with van der Waals surface area (Å²) in [5.74, 6) is -1.99. The molecule has 0 aromatic carbocycles. The Morgan fingerprint density at radius 2 is 1.82 bits per heavy atom. The SMILES string of the molecule is CCC(C)(C)N(C)C(=O)NC(=O)C=CC(=O)O. The molecule has 17 heavy (non-hydrogen) atoms. The predicted octanol–water partition coefficient (Wildman–Crippen LogP) is 0.984. The maximum atomic E-state index is 11.6. The normalized spacial score (nSPS) is 11.3. The molecule has 96 valence electrons. The number of amides is 3.